The predicted molar refractivity (Wildman–Crippen MR) is 71.6 cm³/mol. The van der Waals surface area contributed by atoms with Gasteiger partial charge >= 0.3 is 0 Å². The summed E-state index contributed by atoms with van der Waals surface area (Å²) < 4.78 is 5.87. The van der Waals surface area contributed by atoms with Crippen molar-refractivity contribution in [1.29, 1.82) is 0 Å². The maximum Gasteiger partial charge on any atom is 0.122 e. The molecule has 2 heteroatoms. The average molecular weight is 233 g/mol. The van der Waals surface area contributed by atoms with E-state index in [2.05, 4.69) is 37.4 Å². The van der Waals surface area contributed by atoms with Gasteiger partial charge in [-0.05, 0) is 63.7 Å². The van der Waals surface area contributed by atoms with Crippen LogP contribution in [-0.2, 0) is 0 Å². The first-order valence-electron chi connectivity index (χ1n) is 6.66. The Morgan fingerprint density at radius 1 is 1.35 bits per heavy atom. The van der Waals surface area contributed by atoms with Gasteiger partial charge in [0.1, 0.15) is 5.75 Å². The summed E-state index contributed by atoms with van der Waals surface area (Å²) in [6, 6.07) is 6.38. The summed E-state index contributed by atoms with van der Waals surface area (Å²) in [7, 11) is 0. The molecule has 2 nitrogen and oxygen atoms in total. The van der Waals surface area contributed by atoms with E-state index in [-0.39, 0.29) is 0 Å². The van der Waals surface area contributed by atoms with Crippen LogP contribution >= 0.6 is 0 Å². The van der Waals surface area contributed by atoms with Crippen molar-refractivity contribution >= 4 is 0 Å². The quantitative estimate of drug-likeness (QED) is 0.863. The van der Waals surface area contributed by atoms with E-state index in [1.54, 1.807) is 0 Å². The average Bonchev–Trinajstić information content (AvgIpc) is 2.33. The van der Waals surface area contributed by atoms with Crippen LogP contribution in [0.25, 0.3) is 0 Å². The molecule has 1 heterocycles. The summed E-state index contributed by atoms with van der Waals surface area (Å²) in [6.45, 7) is 7.43. The Labute approximate surface area is 104 Å². The van der Waals surface area contributed by atoms with Crippen LogP contribution in [0.4, 0.5) is 0 Å². The first kappa shape index (κ1) is 12.4. The highest BCUT2D eigenvalue weighted by molar-refractivity contribution is 5.35. The van der Waals surface area contributed by atoms with Gasteiger partial charge in [-0.3, -0.25) is 0 Å². The van der Waals surface area contributed by atoms with Crippen molar-refractivity contribution < 1.29 is 4.74 Å². The fourth-order valence-electron chi connectivity index (χ4n) is 2.47. The number of rotatable bonds is 4. The van der Waals surface area contributed by atoms with Crippen LogP contribution in [0.15, 0.2) is 18.2 Å². The van der Waals surface area contributed by atoms with E-state index in [9.17, 15) is 0 Å². The summed E-state index contributed by atoms with van der Waals surface area (Å²) in [5.41, 5.74) is 2.54. The number of piperidine rings is 1. The molecule has 0 aliphatic carbocycles. The molecule has 2 rings (SSSR count). The van der Waals surface area contributed by atoms with Crippen LogP contribution in [0.5, 0.6) is 5.75 Å². The minimum Gasteiger partial charge on any atom is -0.493 e. The van der Waals surface area contributed by atoms with Crippen LogP contribution in [0.2, 0.25) is 0 Å². The molecule has 1 N–H and O–H groups in total. The Morgan fingerprint density at radius 3 is 2.94 bits per heavy atom. The second-order valence-corrected chi connectivity index (χ2v) is 5.12. The van der Waals surface area contributed by atoms with Gasteiger partial charge in [0.15, 0.2) is 0 Å². The standard InChI is InChI=1S/C15H23NO/c1-12-5-6-15(13(2)10-12)17-9-7-14-4-3-8-16-11-14/h5-6,10,14,16H,3-4,7-9,11H2,1-2H3/t14-/m1/s1. The molecule has 1 aliphatic heterocycles. The van der Waals surface area contributed by atoms with E-state index < -0.39 is 0 Å². The summed E-state index contributed by atoms with van der Waals surface area (Å²) in [6.07, 6.45) is 3.83. The Bertz CT molecular complexity index is 356. The Balaban J connectivity index is 1.77. The molecular weight excluding hydrogens is 210 g/mol. The lowest BCUT2D eigenvalue weighted by Gasteiger charge is -2.22. The Hall–Kier alpha value is -1.02. The van der Waals surface area contributed by atoms with Crippen LogP contribution < -0.4 is 10.1 Å². The van der Waals surface area contributed by atoms with Crippen molar-refractivity contribution in [2.24, 2.45) is 5.92 Å². The Kier molecular flexibility index (Phi) is 4.43. The van der Waals surface area contributed by atoms with E-state index in [0.717, 1.165) is 24.8 Å². The highest BCUT2D eigenvalue weighted by Gasteiger charge is 2.12. The molecule has 1 aliphatic rings. The molecule has 94 valence electrons. The molecule has 1 aromatic carbocycles. The number of hydrogen-bond acceptors (Lipinski definition) is 2. The molecule has 0 aromatic heterocycles. The van der Waals surface area contributed by atoms with E-state index in [1.807, 2.05) is 0 Å². The first-order valence-corrected chi connectivity index (χ1v) is 6.66. The molecule has 1 saturated heterocycles. The first-order chi connectivity index (χ1) is 8.25. The van der Waals surface area contributed by atoms with Crippen molar-refractivity contribution in [3.63, 3.8) is 0 Å². The Morgan fingerprint density at radius 2 is 2.24 bits per heavy atom. The van der Waals surface area contributed by atoms with Crippen LogP contribution in [0.3, 0.4) is 0 Å². The zero-order chi connectivity index (χ0) is 12.1. The molecule has 0 bridgehead atoms. The highest BCUT2D eigenvalue weighted by atomic mass is 16.5. The summed E-state index contributed by atoms with van der Waals surface area (Å²) >= 11 is 0. The third-order valence-electron chi connectivity index (χ3n) is 3.51. The minimum absolute atomic E-state index is 0.800. The normalized spacial score (nSPS) is 20.2. The zero-order valence-corrected chi connectivity index (χ0v) is 11.0. The smallest absolute Gasteiger partial charge is 0.122 e. The van der Waals surface area contributed by atoms with Crippen molar-refractivity contribution in [2.45, 2.75) is 33.1 Å². The van der Waals surface area contributed by atoms with Crippen LogP contribution in [0, 0.1) is 19.8 Å². The number of benzene rings is 1. The molecule has 1 atom stereocenters. The molecule has 0 unspecified atom stereocenters. The van der Waals surface area contributed by atoms with Crippen molar-refractivity contribution in [1.82, 2.24) is 5.32 Å². The molecule has 17 heavy (non-hydrogen) atoms. The number of aryl methyl sites for hydroxylation is 2. The summed E-state index contributed by atoms with van der Waals surface area (Å²) in [5.74, 6) is 1.84. The van der Waals surface area contributed by atoms with Gasteiger partial charge in [-0.1, -0.05) is 17.7 Å². The largest absolute Gasteiger partial charge is 0.493 e. The van der Waals surface area contributed by atoms with Gasteiger partial charge in [0.05, 0.1) is 6.61 Å². The van der Waals surface area contributed by atoms with Crippen LogP contribution in [0.1, 0.15) is 30.4 Å². The van der Waals surface area contributed by atoms with Crippen LogP contribution in [-0.4, -0.2) is 19.7 Å². The summed E-state index contributed by atoms with van der Waals surface area (Å²) in [4.78, 5) is 0. The number of ether oxygens (including phenoxy) is 1. The second kappa shape index (κ2) is 6.06. The van der Waals surface area contributed by atoms with Gasteiger partial charge < -0.3 is 10.1 Å². The van der Waals surface area contributed by atoms with E-state index in [4.69, 9.17) is 4.74 Å². The van der Waals surface area contributed by atoms with E-state index in [1.165, 1.54) is 36.9 Å². The van der Waals surface area contributed by atoms with Crippen molar-refractivity contribution in [3.05, 3.63) is 29.3 Å². The van der Waals surface area contributed by atoms with Gasteiger partial charge in [-0.15, -0.1) is 0 Å². The maximum atomic E-state index is 5.87. The number of nitrogens with one attached hydrogen (secondary N) is 1. The highest BCUT2D eigenvalue weighted by Crippen LogP contribution is 2.20. The molecule has 1 fully saturated rings. The predicted octanol–water partition coefficient (Wildman–Crippen LogP) is 3.07. The fraction of sp³-hybridized carbons (Fsp3) is 0.600. The monoisotopic (exact) mass is 233 g/mol. The maximum absolute atomic E-state index is 5.87. The van der Waals surface area contributed by atoms with E-state index >= 15 is 0 Å². The van der Waals surface area contributed by atoms with E-state index in [0.29, 0.717) is 0 Å². The lowest BCUT2D eigenvalue weighted by atomic mass is 9.97. The topological polar surface area (TPSA) is 21.3 Å². The third-order valence-corrected chi connectivity index (χ3v) is 3.51. The molecule has 1 aromatic rings. The molecule has 0 saturated carbocycles. The van der Waals surface area contributed by atoms with Gasteiger partial charge in [0, 0.05) is 0 Å². The molecular formula is C15H23NO. The molecule has 0 amide bonds. The van der Waals surface area contributed by atoms with Crippen molar-refractivity contribution in [2.75, 3.05) is 19.7 Å². The van der Waals surface area contributed by atoms with Gasteiger partial charge in [0.25, 0.3) is 0 Å². The zero-order valence-electron chi connectivity index (χ0n) is 11.0. The fourth-order valence-corrected chi connectivity index (χ4v) is 2.47. The molecule has 0 spiro atoms. The van der Waals surface area contributed by atoms with Gasteiger partial charge in [-0.25, -0.2) is 0 Å². The van der Waals surface area contributed by atoms with Gasteiger partial charge in [-0.2, -0.15) is 0 Å². The lowest BCUT2D eigenvalue weighted by molar-refractivity contribution is 0.253. The third kappa shape index (κ3) is 3.74. The SMILES string of the molecule is Cc1ccc(OCC[C@H]2CCCNC2)c(C)c1. The molecule has 0 radical (unpaired) electrons. The summed E-state index contributed by atoms with van der Waals surface area (Å²) in [5, 5.41) is 3.45. The minimum atomic E-state index is 0.800. The van der Waals surface area contributed by atoms with Gasteiger partial charge in [0.2, 0.25) is 0 Å². The number of hydrogen-bond donors (Lipinski definition) is 1. The second-order valence-electron chi connectivity index (χ2n) is 5.12. The lowest BCUT2D eigenvalue weighted by Crippen LogP contribution is -2.30. The van der Waals surface area contributed by atoms with Crippen molar-refractivity contribution in [3.8, 4) is 5.75 Å².